The van der Waals surface area contributed by atoms with E-state index in [9.17, 15) is 0 Å². The third-order valence-electron chi connectivity index (χ3n) is 2.66. The fourth-order valence-electron chi connectivity index (χ4n) is 1.59. The van der Waals surface area contributed by atoms with E-state index < -0.39 is 0 Å². The number of rotatable bonds is 5. The number of nitrogens with zero attached hydrogens (tertiary/aromatic N) is 1. The van der Waals surface area contributed by atoms with Gasteiger partial charge in [-0.25, -0.2) is 4.98 Å². The zero-order valence-electron chi connectivity index (χ0n) is 10.2. The molecule has 0 radical (unpaired) electrons. The van der Waals surface area contributed by atoms with Gasteiger partial charge in [0.2, 0.25) is 5.89 Å². The number of halogens is 2. The highest BCUT2D eigenvalue weighted by Gasteiger charge is 2.13. The molecule has 6 heteroatoms. The van der Waals surface area contributed by atoms with Gasteiger partial charge in [0.25, 0.3) is 0 Å². The molecule has 0 aliphatic heterocycles. The number of nitrogens with one attached hydrogen (secondary N) is 1. The van der Waals surface area contributed by atoms with Gasteiger partial charge in [-0.3, -0.25) is 0 Å². The minimum absolute atomic E-state index is 0.109. The van der Waals surface area contributed by atoms with Crippen molar-refractivity contribution in [2.24, 2.45) is 0 Å². The lowest BCUT2D eigenvalue weighted by Crippen LogP contribution is -2.18. The van der Waals surface area contributed by atoms with E-state index in [0.29, 0.717) is 16.8 Å². The van der Waals surface area contributed by atoms with E-state index >= 15 is 0 Å². The minimum Gasteiger partial charge on any atom is -0.444 e. The lowest BCUT2D eigenvalue weighted by Gasteiger charge is -2.11. The Morgan fingerprint density at radius 3 is 2.83 bits per heavy atom. The molecule has 0 saturated heterocycles. The Morgan fingerprint density at radius 1 is 1.50 bits per heavy atom. The van der Waals surface area contributed by atoms with Crippen molar-refractivity contribution in [3.8, 4) is 0 Å². The Hall–Kier alpha value is -0.550. The van der Waals surface area contributed by atoms with Gasteiger partial charge in [-0.1, -0.05) is 30.1 Å². The first-order chi connectivity index (χ1) is 8.60. The summed E-state index contributed by atoms with van der Waals surface area (Å²) in [6, 6.07) is 2.00. The van der Waals surface area contributed by atoms with Crippen molar-refractivity contribution in [1.82, 2.24) is 10.3 Å². The highest BCUT2D eigenvalue weighted by Crippen LogP contribution is 2.34. The maximum Gasteiger partial charge on any atom is 0.208 e. The molecule has 2 aromatic heterocycles. The Balaban J connectivity index is 1.95. The van der Waals surface area contributed by atoms with Crippen LogP contribution in [-0.2, 0) is 13.0 Å². The first-order valence-electron chi connectivity index (χ1n) is 5.71. The molecule has 18 heavy (non-hydrogen) atoms. The summed E-state index contributed by atoms with van der Waals surface area (Å²) in [6.45, 7) is 4.65. The van der Waals surface area contributed by atoms with Gasteiger partial charge in [0.1, 0.15) is 5.76 Å². The van der Waals surface area contributed by atoms with Crippen LogP contribution in [0.4, 0.5) is 0 Å². The predicted octanol–water partition coefficient (Wildman–Crippen LogP) is 4.46. The molecule has 0 aliphatic carbocycles. The normalized spacial score (nSPS) is 12.9. The second-order valence-corrected chi connectivity index (χ2v) is 6.24. The molecule has 1 atom stereocenters. The van der Waals surface area contributed by atoms with Gasteiger partial charge in [-0.15, -0.1) is 11.3 Å². The Labute approximate surface area is 120 Å². The third kappa shape index (κ3) is 3.26. The van der Waals surface area contributed by atoms with E-state index in [-0.39, 0.29) is 6.04 Å². The summed E-state index contributed by atoms with van der Waals surface area (Å²) < 4.78 is 6.95. The molecule has 0 bridgehead atoms. The fraction of sp³-hybridized carbons (Fsp3) is 0.417. The van der Waals surface area contributed by atoms with E-state index in [0.717, 1.165) is 22.1 Å². The molecule has 0 amide bonds. The maximum absolute atomic E-state index is 6.10. The van der Waals surface area contributed by atoms with Gasteiger partial charge in [0, 0.05) is 12.5 Å². The number of oxazole rings is 1. The SMILES string of the molecule is CCc1cnc(CNC(C)c2cc(Cl)sc2Cl)o1. The Bertz CT molecular complexity index is 524. The molecule has 1 unspecified atom stereocenters. The molecule has 0 aromatic carbocycles. The van der Waals surface area contributed by atoms with E-state index in [1.165, 1.54) is 11.3 Å². The van der Waals surface area contributed by atoms with E-state index in [1.54, 1.807) is 6.20 Å². The lowest BCUT2D eigenvalue weighted by molar-refractivity contribution is 0.424. The quantitative estimate of drug-likeness (QED) is 0.886. The number of aromatic nitrogens is 1. The monoisotopic (exact) mass is 304 g/mol. The standard InChI is InChI=1S/C12H14Cl2N2OS/c1-3-8-5-16-11(17-8)6-15-7(2)9-4-10(13)18-12(9)14/h4-5,7,15H,3,6H2,1-2H3. The summed E-state index contributed by atoms with van der Waals surface area (Å²) in [5.74, 6) is 1.59. The van der Waals surface area contributed by atoms with Crippen LogP contribution in [0.25, 0.3) is 0 Å². The van der Waals surface area contributed by atoms with Gasteiger partial charge in [-0.05, 0) is 18.6 Å². The fourth-order valence-corrected chi connectivity index (χ4v) is 3.24. The molecule has 2 heterocycles. The summed E-state index contributed by atoms with van der Waals surface area (Å²) in [6.07, 6.45) is 2.62. The van der Waals surface area contributed by atoms with Crippen LogP contribution in [0.5, 0.6) is 0 Å². The van der Waals surface area contributed by atoms with Crippen LogP contribution in [0.15, 0.2) is 16.7 Å². The average molecular weight is 305 g/mol. The van der Waals surface area contributed by atoms with Gasteiger partial charge in [0.15, 0.2) is 0 Å². The highest BCUT2D eigenvalue weighted by molar-refractivity contribution is 7.20. The largest absolute Gasteiger partial charge is 0.444 e. The summed E-state index contributed by atoms with van der Waals surface area (Å²) >= 11 is 13.4. The van der Waals surface area contributed by atoms with Crippen molar-refractivity contribution >= 4 is 34.5 Å². The molecular weight excluding hydrogens is 291 g/mol. The highest BCUT2D eigenvalue weighted by atomic mass is 35.5. The van der Waals surface area contributed by atoms with Crippen LogP contribution in [0, 0.1) is 0 Å². The number of aryl methyl sites for hydroxylation is 1. The van der Waals surface area contributed by atoms with Crippen molar-refractivity contribution in [3.05, 3.63) is 38.2 Å². The van der Waals surface area contributed by atoms with E-state index in [2.05, 4.69) is 10.3 Å². The summed E-state index contributed by atoms with van der Waals surface area (Å²) in [4.78, 5) is 4.19. The predicted molar refractivity (Wildman–Crippen MR) is 75.5 cm³/mol. The van der Waals surface area contributed by atoms with Crippen LogP contribution in [0.3, 0.4) is 0 Å². The lowest BCUT2D eigenvalue weighted by atomic mass is 10.2. The average Bonchev–Trinajstić information content (AvgIpc) is 2.92. The number of hydrogen-bond donors (Lipinski definition) is 1. The van der Waals surface area contributed by atoms with Crippen LogP contribution in [-0.4, -0.2) is 4.98 Å². The van der Waals surface area contributed by atoms with Gasteiger partial charge >= 0.3 is 0 Å². The van der Waals surface area contributed by atoms with Gasteiger partial charge in [-0.2, -0.15) is 0 Å². The molecule has 2 rings (SSSR count). The van der Waals surface area contributed by atoms with Crippen molar-refractivity contribution in [2.75, 3.05) is 0 Å². The van der Waals surface area contributed by atoms with Gasteiger partial charge in [0.05, 0.1) is 21.4 Å². The zero-order valence-corrected chi connectivity index (χ0v) is 12.5. The molecule has 2 aromatic rings. The molecule has 98 valence electrons. The second-order valence-electron chi connectivity index (χ2n) is 3.96. The number of hydrogen-bond acceptors (Lipinski definition) is 4. The number of thiophene rings is 1. The van der Waals surface area contributed by atoms with Crippen LogP contribution < -0.4 is 5.32 Å². The molecule has 0 fully saturated rings. The topological polar surface area (TPSA) is 38.1 Å². The Kier molecular flexibility index (Phi) is 4.67. The molecule has 0 spiro atoms. The molecule has 0 saturated carbocycles. The van der Waals surface area contributed by atoms with E-state index in [1.807, 2.05) is 19.9 Å². The van der Waals surface area contributed by atoms with Crippen molar-refractivity contribution in [2.45, 2.75) is 32.9 Å². The zero-order chi connectivity index (χ0) is 13.1. The summed E-state index contributed by atoms with van der Waals surface area (Å²) in [5.41, 5.74) is 1.01. The molecular formula is C12H14Cl2N2OS. The maximum atomic E-state index is 6.10. The van der Waals surface area contributed by atoms with Crippen molar-refractivity contribution in [3.63, 3.8) is 0 Å². The van der Waals surface area contributed by atoms with Crippen LogP contribution >= 0.6 is 34.5 Å². The third-order valence-corrected chi connectivity index (χ3v) is 4.18. The van der Waals surface area contributed by atoms with E-state index in [4.69, 9.17) is 27.6 Å². The van der Waals surface area contributed by atoms with Crippen molar-refractivity contribution in [1.29, 1.82) is 0 Å². The van der Waals surface area contributed by atoms with Crippen molar-refractivity contribution < 1.29 is 4.42 Å². The molecule has 0 aliphatic rings. The minimum atomic E-state index is 0.109. The Morgan fingerprint density at radius 2 is 2.28 bits per heavy atom. The van der Waals surface area contributed by atoms with Crippen LogP contribution in [0.2, 0.25) is 8.67 Å². The first kappa shape index (κ1) is 13.9. The summed E-state index contributed by atoms with van der Waals surface area (Å²) in [7, 11) is 0. The molecule has 1 N–H and O–H groups in total. The van der Waals surface area contributed by atoms with Gasteiger partial charge < -0.3 is 9.73 Å². The molecule has 3 nitrogen and oxygen atoms in total. The summed E-state index contributed by atoms with van der Waals surface area (Å²) in [5, 5.41) is 3.31. The second kappa shape index (κ2) is 6.06. The smallest absolute Gasteiger partial charge is 0.208 e. The first-order valence-corrected chi connectivity index (χ1v) is 7.29. The van der Waals surface area contributed by atoms with Crippen LogP contribution in [0.1, 0.15) is 37.1 Å².